The Morgan fingerprint density at radius 1 is 1.09 bits per heavy atom. The van der Waals surface area contributed by atoms with Crippen molar-refractivity contribution >= 4 is 39.8 Å². The molecule has 0 saturated carbocycles. The Kier molecular flexibility index (Phi) is 3.96. The van der Waals surface area contributed by atoms with Crippen LogP contribution in [-0.2, 0) is 6.54 Å². The maximum absolute atomic E-state index is 12.3. The van der Waals surface area contributed by atoms with E-state index in [9.17, 15) is 9.59 Å². The number of Topliss-reactive ketones (excluding diaryl/α,β-unsaturated/α-hetero) is 1. The lowest BCUT2D eigenvalue weighted by molar-refractivity contribution is 0.0966. The highest BCUT2D eigenvalue weighted by atomic mass is 35.5. The third kappa shape index (κ3) is 2.75. The molecule has 1 aromatic heterocycles. The molecule has 0 N–H and O–H groups in total. The topological polar surface area (TPSA) is 52.0 Å². The molecule has 0 aliphatic rings. The standard InChI is InChI=1S/C16H10Cl2N2O2/c17-13-8-19-20(16(22)15(13)18)9-14(21)12-6-5-10-3-1-2-4-11(10)7-12/h1-8H,9H2. The molecule has 2 aromatic carbocycles. The first-order valence-corrected chi connectivity index (χ1v) is 7.25. The van der Waals surface area contributed by atoms with Gasteiger partial charge in [-0.25, -0.2) is 4.68 Å². The van der Waals surface area contributed by atoms with E-state index in [4.69, 9.17) is 23.2 Å². The Morgan fingerprint density at radius 3 is 2.59 bits per heavy atom. The molecule has 3 rings (SSSR count). The number of nitrogens with zero attached hydrogens (tertiary/aromatic N) is 2. The molecule has 0 spiro atoms. The number of rotatable bonds is 3. The van der Waals surface area contributed by atoms with E-state index in [1.807, 2.05) is 30.3 Å². The quantitative estimate of drug-likeness (QED) is 0.689. The Balaban J connectivity index is 1.93. The average molecular weight is 333 g/mol. The molecule has 110 valence electrons. The lowest BCUT2D eigenvalue weighted by Gasteiger charge is -2.06. The maximum atomic E-state index is 12.3. The third-order valence-corrected chi connectivity index (χ3v) is 4.06. The zero-order valence-corrected chi connectivity index (χ0v) is 12.8. The largest absolute Gasteiger partial charge is 0.292 e. The SMILES string of the molecule is O=C(Cn1ncc(Cl)c(Cl)c1=O)c1ccc2ccccc2c1. The fraction of sp³-hybridized carbons (Fsp3) is 0.0625. The molecule has 0 aliphatic heterocycles. The van der Waals surface area contributed by atoms with Crippen LogP contribution in [0.3, 0.4) is 0 Å². The van der Waals surface area contributed by atoms with Crippen LogP contribution in [0.15, 0.2) is 53.5 Å². The monoisotopic (exact) mass is 332 g/mol. The van der Waals surface area contributed by atoms with Gasteiger partial charge in [-0.1, -0.05) is 59.6 Å². The van der Waals surface area contributed by atoms with Crippen LogP contribution in [0.4, 0.5) is 0 Å². The van der Waals surface area contributed by atoms with E-state index >= 15 is 0 Å². The second-order valence-corrected chi connectivity index (χ2v) is 5.54. The first-order valence-electron chi connectivity index (χ1n) is 6.49. The van der Waals surface area contributed by atoms with Crippen molar-refractivity contribution in [2.75, 3.05) is 0 Å². The molecule has 0 atom stereocenters. The van der Waals surface area contributed by atoms with E-state index in [2.05, 4.69) is 5.10 Å². The summed E-state index contributed by atoms with van der Waals surface area (Å²) >= 11 is 11.5. The van der Waals surface area contributed by atoms with Gasteiger partial charge in [0.2, 0.25) is 0 Å². The predicted octanol–water partition coefficient (Wildman–Crippen LogP) is 3.59. The summed E-state index contributed by atoms with van der Waals surface area (Å²) < 4.78 is 1.01. The third-order valence-electron chi connectivity index (χ3n) is 3.31. The predicted molar refractivity (Wildman–Crippen MR) is 86.8 cm³/mol. The lowest BCUT2D eigenvalue weighted by atomic mass is 10.0. The van der Waals surface area contributed by atoms with Crippen molar-refractivity contribution < 1.29 is 4.79 Å². The Morgan fingerprint density at radius 2 is 1.82 bits per heavy atom. The molecular formula is C16H10Cl2N2O2. The molecule has 0 aliphatic carbocycles. The molecule has 1 heterocycles. The number of carbonyl (C=O) groups excluding carboxylic acids is 1. The molecule has 3 aromatic rings. The van der Waals surface area contributed by atoms with Gasteiger partial charge < -0.3 is 0 Å². The summed E-state index contributed by atoms with van der Waals surface area (Å²) in [6, 6.07) is 13.1. The van der Waals surface area contributed by atoms with Gasteiger partial charge in [-0.2, -0.15) is 5.10 Å². The van der Waals surface area contributed by atoms with Crippen molar-refractivity contribution in [3.05, 3.63) is 74.6 Å². The number of hydrogen-bond acceptors (Lipinski definition) is 3. The van der Waals surface area contributed by atoms with Crippen molar-refractivity contribution in [2.24, 2.45) is 0 Å². The van der Waals surface area contributed by atoms with E-state index < -0.39 is 5.56 Å². The molecular weight excluding hydrogens is 323 g/mol. The molecule has 22 heavy (non-hydrogen) atoms. The minimum atomic E-state index is -0.580. The van der Waals surface area contributed by atoms with Crippen LogP contribution in [-0.4, -0.2) is 15.6 Å². The average Bonchev–Trinajstić information content (AvgIpc) is 2.55. The van der Waals surface area contributed by atoms with Gasteiger partial charge in [-0.05, 0) is 16.8 Å². The smallest absolute Gasteiger partial charge is 0.287 e. The molecule has 0 radical (unpaired) electrons. The zero-order valence-electron chi connectivity index (χ0n) is 11.3. The van der Waals surface area contributed by atoms with E-state index in [0.717, 1.165) is 15.5 Å². The molecule has 0 unspecified atom stereocenters. The van der Waals surface area contributed by atoms with E-state index in [1.54, 1.807) is 12.1 Å². The van der Waals surface area contributed by atoms with Crippen LogP contribution in [0.25, 0.3) is 10.8 Å². The molecule has 0 fully saturated rings. The summed E-state index contributed by atoms with van der Waals surface area (Å²) in [5.41, 5.74) is -0.0678. The number of aromatic nitrogens is 2. The van der Waals surface area contributed by atoms with Crippen LogP contribution in [0.5, 0.6) is 0 Å². The highest BCUT2D eigenvalue weighted by molar-refractivity contribution is 6.41. The van der Waals surface area contributed by atoms with Crippen LogP contribution in [0, 0.1) is 0 Å². The number of fused-ring (bicyclic) bond motifs is 1. The van der Waals surface area contributed by atoms with Crippen molar-refractivity contribution in [2.45, 2.75) is 6.54 Å². The van der Waals surface area contributed by atoms with Gasteiger partial charge in [0, 0.05) is 5.56 Å². The molecule has 6 heteroatoms. The highest BCUT2D eigenvalue weighted by Crippen LogP contribution is 2.17. The summed E-state index contributed by atoms with van der Waals surface area (Å²) in [6.45, 7) is -0.186. The summed E-state index contributed by atoms with van der Waals surface area (Å²) in [6.07, 6.45) is 1.25. The summed E-state index contributed by atoms with van der Waals surface area (Å²) in [7, 11) is 0. The Hall–Kier alpha value is -2.17. The van der Waals surface area contributed by atoms with Gasteiger partial charge in [-0.15, -0.1) is 0 Å². The van der Waals surface area contributed by atoms with Crippen molar-refractivity contribution in [3.8, 4) is 0 Å². The Bertz CT molecular complexity index is 935. The van der Waals surface area contributed by atoms with Gasteiger partial charge in [0.25, 0.3) is 5.56 Å². The molecule has 4 nitrogen and oxygen atoms in total. The Labute approximate surface area is 135 Å². The van der Waals surface area contributed by atoms with E-state index in [0.29, 0.717) is 5.56 Å². The number of ketones is 1. The lowest BCUT2D eigenvalue weighted by Crippen LogP contribution is -2.27. The van der Waals surface area contributed by atoms with Gasteiger partial charge in [0.1, 0.15) is 11.6 Å². The fourth-order valence-corrected chi connectivity index (χ4v) is 2.42. The van der Waals surface area contributed by atoms with Gasteiger partial charge in [0.05, 0.1) is 11.2 Å². The fourth-order valence-electron chi connectivity index (χ4n) is 2.15. The van der Waals surface area contributed by atoms with E-state index in [1.165, 1.54) is 6.20 Å². The zero-order chi connectivity index (χ0) is 15.7. The second-order valence-electron chi connectivity index (χ2n) is 4.75. The summed E-state index contributed by atoms with van der Waals surface area (Å²) in [4.78, 5) is 24.2. The van der Waals surface area contributed by atoms with Crippen LogP contribution in [0.1, 0.15) is 10.4 Å². The van der Waals surface area contributed by atoms with E-state index in [-0.39, 0.29) is 22.4 Å². The van der Waals surface area contributed by atoms with Crippen molar-refractivity contribution in [3.63, 3.8) is 0 Å². The number of carbonyl (C=O) groups is 1. The first-order chi connectivity index (χ1) is 10.6. The van der Waals surface area contributed by atoms with Gasteiger partial charge in [0.15, 0.2) is 5.78 Å². The normalized spacial score (nSPS) is 10.8. The molecule has 0 bridgehead atoms. The van der Waals surface area contributed by atoms with Crippen molar-refractivity contribution in [1.82, 2.24) is 9.78 Å². The number of hydrogen-bond donors (Lipinski definition) is 0. The maximum Gasteiger partial charge on any atom is 0.287 e. The first kappa shape index (κ1) is 14.8. The second kappa shape index (κ2) is 5.91. The van der Waals surface area contributed by atoms with Crippen molar-refractivity contribution in [1.29, 1.82) is 0 Å². The summed E-state index contributed by atoms with van der Waals surface area (Å²) in [5, 5.41) is 5.77. The van der Waals surface area contributed by atoms with Crippen LogP contribution >= 0.6 is 23.2 Å². The summed E-state index contributed by atoms with van der Waals surface area (Å²) in [5.74, 6) is -0.223. The number of halogens is 2. The van der Waals surface area contributed by atoms with Crippen LogP contribution < -0.4 is 5.56 Å². The molecule has 0 amide bonds. The number of benzene rings is 2. The highest BCUT2D eigenvalue weighted by Gasteiger charge is 2.12. The van der Waals surface area contributed by atoms with Crippen LogP contribution in [0.2, 0.25) is 10.0 Å². The van der Waals surface area contributed by atoms with Gasteiger partial charge >= 0.3 is 0 Å². The molecule has 0 saturated heterocycles. The minimum absolute atomic E-state index is 0.0704. The minimum Gasteiger partial charge on any atom is -0.292 e. The van der Waals surface area contributed by atoms with Gasteiger partial charge in [-0.3, -0.25) is 9.59 Å².